The number of carbonyl (C=O) groups excluding carboxylic acids is 8. The molecule has 0 spiro atoms. The summed E-state index contributed by atoms with van der Waals surface area (Å²) in [5.74, 6) is -1.68. The second-order valence-electron chi connectivity index (χ2n) is 24.2. The highest BCUT2D eigenvalue weighted by atomic mass is 16.6. The van der Waals surface area contributed by atoms with Gasteiger partial charge in [-0.2, -0.15) is 0 Å². The second-order valence-corrected chi connectivity index (χ2v) is 24.2. The van der Waals surface area contributed by atoms with E-state index in [9.17, 15) is 53.7 Å². The van der Waals surface area contributed by atoms with E-state index in [1.165, 1.54) is 18.4 Å². The molecule has 21 nitrogen and oxygen atoms in total. The molecule has 2 aliphatic heterocycles. The Bertz CT molecular complexity index is 2100. The van der Waals surface area contributed by atoms with Crippen molar-refractivity contribution in [1.29, 1.82) is 0 Å². The number of carbonyl (C=O) groups is 8. The van der Waals surface area contributed by atoms with Gasteiger partial charge in [0, 0.05) is 50.7 Å². The third-order valence-electron chi connectivity index (χ3n) is 14.8. The number of aliphatic hydroxyl groups excluding tert-OH is 3. The predicted octanol–water partition coefficient (Wildman–Crippen LogP) is 9.04. The van der Waals surface area contributed by atoms with E-state index in [1.54, 1.807) is 32.6 Å². The minimum absolute atomic E-state index is 0.00174. The Balaban J connectivity index is 0. The summed E-state index contributed by atoms with van der Waals surface area (Å²) in [6.07, 6.45) is 7.10. The molecule has 2 heterocycles. The van der Waals surface area contributed by atoms with Crippen LogP contribution >= 0.6 is 0 Å². The van der Waals surface area contributed by atoms with Crippen molar-refractivity contribution in [2.75, 3.05) is 79.1 Å². The largest absolute Gasteiger partial charge is 0.462 e. The maximum atomic E-state index is 12.7. The number of hydrogen-bond acceptors (Lipinski definition) is 19. The fourth-order valence-corrected chi connectivity index (χ4v) is 6.59. The fourth-order valence-electron chi connectivity index (χ4n) is 6.59. The van der Waals surface area contributed by atoms with Crippen LogP contribution in [0.2, 0.25) is 0 Å². The number of hydrogen-bond donors (Lipinski definition) is 3. The van der Waals surface area contributed by atoms with Crippen molar-refractivity contribution < 1.29 is 91.6 Å². The molecule has 3 rings (SSSR count). The molecule has 5 unspecified atom stereocenters. The number of epoxide rings is 2. The Hall–Kier alpha value is -5.74. The zero-order valence-corrected chi connectivity index (χ0v) is 56.0. The van der Waals surface area contributed by atoms with Gasteiger partial charge >= 0.3 is 35.8 Å². The predicted molar refractivity (Wildman–Crippen MR) is 333 cm³/mol. The van der Waals surface area contributed by atoms with E-state index in [0.29, 0.717) is 64.6 Å². The molecule has 3 N–H and O–H groups in total. The topological polar surface area (TPSA) is 284 Å². The molecule has 0 radical (unpaired) electrons. The maximum absolute atomic E-state index is 12.7. The standard InChI is InChI=1S/C24H40N2O3.2C12H20O5.2C9H16O3/c1-6-9-21(7-2)22-12-10-20(11-13-22)18-26(24(29)19(4)5)15-14-25(16-17-27)23(28)8-3;2*1-5-10(14)16-7-9(13)8-17-11(15)12(3,4)6-2;2*1-4-9(2,3)8(10)12-6-7-5-11-7/h10-13,19,21,27H,6-9,14-18H2,1-5H3;2*5,9,13H,1,6-8H2,2-4H3;2*7H,4-6H2,1-3H3. The van der Waals surface area contributed by atoms with Gasteiger partial charge in [0.2, 0.25) is 11.8 Å². The van der Waals surface area contributed by atoms with Gasteiger partial charge < -0.3 is 63.0 Å². The summed E-state index contributed by atoms with van der Waals surface area (Å²) in [6.45, 7) is 42.0. The van der Waals surface area contributed by atoms with Gasteiger partial charge in [-0.05, 0) is 111 Å². The summed E-state index contributed by atoms with van der Waals surface area (Å²) < 4.78 is 39.0. The van der Waals surface area contributed by atoms with E-state index in [4.69, 9.17) is 28.4 Å². The molecule has 0 aliphatic carbocycles. The van der Waals surface area contributed by atoms with Gasteiger partial charge in [0.05, 0.1) is 41.5 Å². The summed E-state index contributed by atoms with van der Waals surface area (Å²) in [7, 11) is 0. The van der Waals surface area contributed by atoms with Crippen LogP contribution in [0.3, 0.4) is 0 Å². The van der Waals surface area contributed by atoms with E-state index >= 15 is 0 Å². The summed E-state index contributed by atoms with van der Waals surface area (Å²) in [6, 6.07) is 8.62. The van der Waals surface area contributed by atoms with Crippen LogP contribution in [0.25, 0.3) is 0 Å². The van der Waals surface area contributed by atoms with Crippen LogP contribution in [0.4, 0.5) is 0 Å². The van der Waals surface area contributed by atoms with E-state index < -0.39 is 35.0 Å². The number of benzene rings is 1. The molecule has 1 aromatic rings. The first kappa shape index (κ1) is 83.3. The molecule has 0 saturated carbocycles. The summed E-state index contributed by atoms with van der Waals surface area (Å²) in [5, 5.41) is 28.0. The Morgan fingerprint density at radius 3 is 1.23 bits per heavy atom. The molecule has 2 saturated heterocycles. The average Bonchev–Trinajstić information content (AvgIpc) is 4.44. The van der Waals surface area contributed by atoms with E-state index in [1.807, 2.05) is 81.1 Å². The van der Waals surface area contributed by atoms with Crippen molar-refractivity contribution in [2.24, 2.45) is 27.6 Å². The lowest BCUT2D eigenvalue weighted by molar-refractivity contribution is -0.160. The van der Waals surface area contributed by atoms with Crippen LogP contribution in [-0.2, 0) is 82.8 Å². The van der Waals surface area contributed by atoms with Crippen molar-refractivity contribution in [3.8, 4) is 0 Å². The van der Waals surface area contributed by atoms with Crippen LogP contribution in [0, 0.1) is 27.6 Å². The molecule has 2 aliphatic rings. The molecule has 2 amide bonds. The lowest BCUT2D eigenvalue weighted by Crippen LogP contribution is -2.42. The van der Waals surface area contributed by atoms with Gasteiger partial charge in [0.15, 0.2) is 0 Å². The van der Waals surface area contributed by atoms with Crippen LogP contribution in [0.1, 0.15) is 186 Å². The highest BCUT2D eigenvalue weighted by Crippen LogP contribution is 2.27. The Labute approximate surface area is 520 Å². The SMILES string of the molecule is C=CC(=O)OCC(O)COC(=O)C(C)(C)CC.C=CC(=O)OCC(O)COC(=O)C(C)(C)CC.CCC(C)(C)C(=O)OCC1CO1.CCC(C)(C)C(=O)OCC1CO1.CCCC(CC)c1ccc(CN(CCN(CCO)C(=O)CC)C(=O)C(C)C)cc1. The molecular weight excluding hydrogens is 1120 g/mol. The van der Waals surface area contributed by atoms with E-state index in [2.05, 4.69) is 60.7 Å². The van der Waals surface area contributed by atoms with Crippen molar-refractivity contribution in [3.05, 3.63) is 60.7 Å². The van der Waals surface area contributed by atoms with Crippen molar-refractivity contribution in [3.63, 3.8) is 0 Å². The molecule has 0 aromatic heterocycles. The molecule has 1 aromatic carbocycles. The van der Waals surface area contributed by atoms with Crippen molar-refractivity contribution >= 4 is 47.6 Å². The molecule has 0 bridgehead atoms. The van der Waals surface area contributed by atoms with Crippen LogP contribution < -0.4 is 0 Å². The van der Waals surface area contributed by atoms with Crippen LogP contribution in [-0.4, -0.2) is 176 Å². The molecule has 5 atom stereocenters. The summed E-state index contributed by atoms with van der Waals surface area (Å²) in [4.78, 5) is 95.5. The zero-order chi connectivity index (χ0) is 67.1. The molecule has 21 heteroatoms. The highest BCUT2D eigenvalue weighted by Gasteiger charge is 2.33. The lowest BCUT2D eigenvalue weighted by atomic mass is 9.91. The van der Waals surface area contributed by atoms with Gasteiger partial charge in [-0.25, -0.2) is 9.59 Å². The number of aliphatic hydroxyl groups is 3. The molecule has 87 heavy (non-hydrogen) atoms. The number of ether oxygens (including phenoxy) is 8. The van der Waals surface area contributed by atoms with Gasteiger partial charge in [0.25, 0.3) is 0 Å². The summed E-state index contributed by atoms with van der Waals surface area (Å²) >= 11 is 0. The minimum atomic E-state index is -1.02. The average molecular weight is 1240 g/mol. The first-order chi connectivity index (χ1) is 40.6. The summed E-state index contributed by atoms with van der Waals surface area (Å²) in [5.41, 5.74) is 0.617. The highest BCUT2D eigenvalue weighted by molar-refractivity contribution is 5.82. The monoisotopic (exact) mass is 1240 g/mol. The second kappa shape index (κ2) is 43.8. The third kappa shape index (κ3) is 37.0. The number of esters is 6. The number of nitrogens with zero attached hydrogens (tertiary/aromatic N) is 2. The quantitative estimate of drug-likeness (QED) is 0.0247. The lowest BCUT2D eigenvalue weighted by Gasteiger charge is -2.29. The Morgan fingerprint density at radius 1 is 0.575 bits per heavy atom. The van der Waals surface area contributed by atoms with E-state index in [0.717, 1.165) is 50.2 Å². The van der Waals surface area contributed by atoms with E-state index in [-0.39, 0.29) is 97.7 Å². The Kier molecular flexibility index (Phi) is 42.0. The normalized spacial score (nSPS) is 15.1. The zero-order valence-electron chi connectivity index (χ0n) is 56.0. The maximum Gasteiger partial charge on any atom is 0.330 e. The van der Waals surface area contributed by atoms with Crippen molar-refractivity contribution in [2.45, 2.75) is 206 Å². The molecule has 500 valence electrons. The molecular formula is C66H112N2O19. The number of rotatable bonds is 35. The first-order valence-electron chi connectivity index (χ1n) is 30.8. The van der Waals surface area contributed by atoms with Gasteiger partial charge in [-0.15, -0.1) is 0 Å². The fraction of sp³-hybridized carbons (Fsp3) is 0.727. The first-order valence-corrected chi connectivity index (χ1v) is 30.8. The van der Waals surface area contributed by atoms with Crippen molar-refractivity contribution in [1.82, 2.24) is 9.80 Å². The van der Waals surface area contributed by atoms with Gasteiger partial charge in [-0.3, -0.25) is 28.8 Å². The van der Waals surface area contributed by atoms with Gasteiger partial charge in [-0.1, -0.05) is 106 Å². The number of amides is 2. The third-order valence-corrected chi connectivity index (χ3v) is 14.8. The van der Waals surface area contributed by atoms with Crippen LogP contribution in [0.15, 0.2) is 49.6 Å². The Morgan fingerprint density at radius 2 is 0.931 bits per heavy atom. The molecule has 2 fully saturated rings. The van der Waals surface area contributed by atoms with Crippen LogP contribution in [0.5, 0.6) is 0 Å². The minimum Gasteiger partial charge on any atom is -0.462 e. The van der Waals surface area contributed by atoms with Gasteiger partial charge in [0.1, 0.15) is 64.1 Å². The smallest absolute Gasteiger partial charge is 0.330 e.